The molecule has 0 aromatic rings. The predicted octanol–water partition coefficient (Wildman–Crippen LogP) is 2.74. The van der Waals surface area contributed by atoms with Crippen LogP contribution in [0.1, 0.15) is 32.6 Å². The summed E-state index contributed by atoms with van der Waals surface area (Å²) in [5.74, 6) is 0. The fourth-order valence-corrected chi connectivity index (χ4v) is 0.427. The second-order valence-electron chi connectivity index (χ2n) is 2.90. The molecule has 0 aliphatic heterocycles. The molecule has 0 aromatic heterocycles. The first-order valence-electron chi connectivity index (χ1n) is 4.05. The van der Waals surface area contributed by atoms with E-state index in [0.717, 1.165) is 6.42 Å². The van der Waals surface area contributed by atoms with E-state index >= 15 is 0 Å². The highest BCUT2D eigenvalue weighted by Crippen LogP contribution is 1.95. The van der Waals surface area contributed by atoms with Crippen LogP contribution >= 0.6 is 0 Å². The number of rotatable bonds is 3. The van der Waals surface area contributed by atoms with Crippen LogP contribution in [0.25, 0.3) is 0 Å². The summed E-state index contributed by atoms with van der Waals surface area (Å²) in [7, 11) is 6.00. The summed E-state index contributed by atoms with van der Waals surface area (Å²) in [6.07, 6.45) is 5.07. The van der Waals surface area contributed by atoms with Crippen molar-refractivity contribution >= 4 is 0 Å². The summed E-state index contributed by atoms with van der Waals surface area (Å²) < 4.78 is 0. The predicted molar refractivity (Wildman–Crippen MR) is 54.1 cm³/mol. The van der Waals surface area contributed by atoms with E-state index in [1.807, 2.05) is 26.0 Å². The molecule has 0 saturated heterocycles. The molecule has 0 bridgehead atoms. The fraction of sp³-hybridized carbons (Fsp3) is 0.889. The van der Waals surface area contributed by atoms with Crippen LogP contribution in [0, 0.1) is 6.92 Å². The Morgan fingerprint density at radius 3 is 1.55 bits per heavy atom. The summed E-state index contributed by atoms with van der Waals surface area (Å²) in [5, 5.41) is 0. The first kappa shape index (κ1) is 17.1. The van der Waals surface area contributed by atoms with Crippen LogP contribution in [0.5, 0.6) is 0 Å². The molecule has 2 nitrogen and oxygen atoms in total. The molecule has 71 valence electrons. The van der Waals surface area contributed by atoms with Gasteiger partial charge in [-0.1, -0.05) is 39.5 Å². The number of nitrogens with zero attached hydrogens (tertiary/aromatic N) is 1. The highest BCUT2D eigenvalue weighted by atomic mass is 15.0. The fourth-order valence-electron chi connectivity index (χ4n) is 0.427. The zero-order valence-corrected chi connectivity index (χ0v) is 8.69. The van der Waals surface area contributed by atoms with Gasteiger partial charge in [0, 0.05) is 0 Å². The Kier molecular flexibility index (Phi) is 25.7. The second-order valence-corrected chi connectivity index (χ2v) is 2.90. The Labute approximate surface area is 72.6 Å². The highest BCUT2D eigenvalue weighted by Gasteiger charge is 1.75. The van der Waals surface area contributed by atoms with Gasteiger partial charge in [0.15, 0.2) is 0 Å². The Morgan fingerprint density at radius 2 is 1.45 bits per heavy atom. The molecule has 1 radical (unpaired) electrons. The molecule has 0 aliphatic carbocycles. The smallest absolute Gasteiger partial charge is 0.0140 e. The van der Waals surface area contributed by atoms with Crippen molar-refractivity contribution in [3.63, 3.8) is 0 Å². The summed E-state index contributed by atoms with van der Waals surface area (Å²) in [5.41, 5.74) is 0. The molecule has 2 heteroatoms. The molecule has 0 fully saturated rings. The van der Waals surface area contributed by atoms with Gasteiger partial charge < -0.3 is 11.1 Å². The van der Waals surface area contributed by atoms with Crippen LogP contribution in [0.15, 0.2) is 0 Å². The lowest BCUT2D eigenvalue weighted by atomic mass is 10.2. The average Bonchev–Trinajstić information content (AvgIpc) is 1.82. The monoisotopic (exact) mass is 161 g/mol. The second kappa shape index (κ2) is 16.5. The van der Waals surface area contributed by atoms with Crippen molar-refractivity contribution in [3.8, 4) is 0 Å². The Balaban J connectivity index is -0.000000114. The Morgan fingerprint density at radius 1 is 1.09 bits per heavy atom. The summed E-state index contributed by atoms with van der Waals surface area (Å²) in [6.45, 7) is 5.93. The van der Waals surface area contributed by atoms with E-state index < -0.39 is 0 Å². The molecule has 0 heterocycles. The largest absolute Gasteiger partial charge is 0.344 e. The van der Waals surface area contributed by atoms with Crippen molar-refractivity contribution in [1.29, 1.82) is 0 Å². The molecule has 11 heavy (non-hydrogen) atoms. The quantitative estimate of drug-likeness (QED) is 0.646. The topological polar surface area (TPSA) is 38.2 Å². The van der Waals surface area contributed by atoms with Crippen molar-refractivity contribution in [2.45, 2.75) is 32.6 Å². The molecular formula is C9H25N2. The number of hydrogen-bond donors (Lipinski definition) is 1. The van der Waals surface area contributed by atoms with Gasteiger partial charge in [-0.25, -0.2) is 0 Å². The van der Waals surface area contributed by atoms with Gasteiger partial charge in [-0.05, 0) is 21.1 Å². The van der Waals surface area contributed by atoms with Gasteiger partial charge in [0.05, 0.1) is 0 Å². The van der Waals surface area contributed by atoms with Gasteiger partial charge in [-0.2, -0.15) is 0 Å². The number of unbranched alkanes of at least 4 members (excludes halogenated alkanes) is 3. The normalized spacial score (nSPS) is 8.18. The van der Waals surface area contributed by atoms with Crippen molar-refractivity contribution in [1.82, 2.24) is 11.1 Å². The van der Waals surface area contributed by atoms with Crippen molar-refractivity contribution in [3.05, 3.63) is 6.92 Å². The first-order chi connectivity index (χ1) is 4.65. The minimum atomic E-state index is 0. The molecule has 0 spiro atoms. The third kappa shape index (κ3) is 73.0. The van der Waals surface area contributed by atoms with E-state index in [2.05, 4.69) is 13.8 Å². The van der Waals surface area contributed by atoms with E-state index in [0.29, 0.717) is 0 Å². The zero-order valence-electron chi connectivity index (χ0n) is 8.69. The van der Waals surface area contributed by atoms with E-state index in [9.17, 15) is 0 Å². The van der Waals surface area contributed by atoms with Gasteiger partial charge >= 0.3 is 0 Å². The van der Waals surface area contributed by atoms with Crippen molar-refractivity contribution in [2.75, 3.05) is 21.1 Å². The molecule has 0 amide bonds. The molecule has 0 aromatic carbocycles. The van der Waals surface area contributed by atoms with Crippen LogP contribution in [-0.4, -0.2) is 26.0 Å². The van der Waals surface area contributed by atoms with Crippen LogP contribution in [0.2, 0.25) is 0 Å². The van der Waals surface area contributed by atoms with Crippen molar-refractivity contribution in [2.24, 2.45) is 0 Å². The SMILES string of the molecule is CN(C)C.N.[CH2]CCCCC. The number of hydrogen-bond acceptors (Lipinski definition) is 2. The molecule has 0 unspecified atom stereocenters. The molecule has 3 N–H and O–H groups in total. The third-order valence-corrected chi connectivity index (χ3v) is 0.854. The minimum absolute atomic E-state index is 0. The lowest BCUT2D eigenvalue weighted by Gasteiger charge is -1.90. The van der Waals surface area contributed by atoms with E-state index in [1.165, 1.54) is 19.3 Å². The first-order valence-corrected chi connectivity index (χ1v) is 4.05. The van der Waals surface area contributed by atoms with Gasteiger partial charge in [-0.3, -0.25) is 0 Å². The highest BCUT2D eigenvalue weighted by molar-refractivity contribution is 4.38. The summed E-state index contributed by atoms with van der Waals surface area (Å²) in [4.78, 5) is 2.00. The van der Waals surface area contributed by atoms with E-state index in [4.69, 9.17) is 0 Å². The lowest BCUT2D eigenvalue weighted by molar-refractivity contribution is 0.505. The van der Waals surface area contributed by atoms with Crippen LogP contribution in [0.4, 0.5) is 0 Å². The standard InChI is InChI=1S/C6H13.C3H9N.H3N/c1-3-5-6-4-2;1-4(2)3;/h1,3-6H2,2H3;1-3H3;1H3. The maximum Gasteiger partial charge on any atom is -0.0140 e. The van der Waals surface area contributed by atoms with Gasteiger partial charge in [-0.15, -0.1) is 0 Å². The van der Waals surface area contributed by atoms with Gasteiger partial charge in [0.25, 0.3) is 0 Å². The molecule has 0 atom stereocenters. The average molecular weight is 161 g/mol. The van der Waals surface area contributed by atoms with Crippen molar-refractivity contribution < 1.29 is 0 Å². The molecule has 0 rings (SSSR count). The Bertz CT molecular complexity index is 38.1. The zero-order chi connectivity index (χ0) is 8.41. The van der Waals surface area contributed by atoms with Crippen LogP contribution in [-0.2, 0) is 0 Å². The Hall–Kier alpha value is -0.0800. The third-order valence-electron chi connectivity index (χ3n) is 0.854. The maximum absolute atomic E-state index is 3.72. The van der Waals surface area contributed by atoms with Gasteiger partial charge in [0.2, 0.25) is 0 Å². The summed E-state index contributed by atoms with van der Waals surface area (Å²) in [6, 6.07) is 0. The van der Waals surface area contributed by atoms with E-state index in [1.54, 1.807) is 0 Å². The molecule has 0 aliphatic rings. The van der Waals surface area contributed by atoms with E-state index in [-0.39, 0.29) is 6.15 Å². The molecular weight excluding hydrogens is 136 g/mol. The van der Waals surface area contributed by atoms with Crippen LogP contribution < -0.4 is 6.15 Å². The lowest BCUT2D eigenvalue weighted by Crippen LogP contribution is -1.99. The van der Waals surface area contributed by atoms with Gasteiger partial charge in [0.1, 0.15) is 0 Å². The maximum atomic E-state index is 3.72. The summed E-state index contributed by atoms with van der Waals surface area (Å²) >= 11 is 0. The van der Waals surface area contributed by atoms with Crippen LogP contribution in [0.3, 0.4) is 0 Å². The minimum Gasteiger partial charge on any atom is -0.344 e. The molecule has 0 saturated carbocycles.